The number of fused-ring (bicyclic) bond motifs is 2. The number of aromatic nitrogens is 1. The highest BCUT2D eigenvalue weighted by Crippen LogP contribution is 2.32. The molecule has 1 aliphatic heterocycles. The van der Waals surface area contributed by atoms with Crippen LogP contribution in [0.4, 0.5) is 5.69 Å². The van der Waals surface area contributed by atoms with Crippen LogP contribution < -0.4 is 15.8 Å². The third-order valence-electron chi connectivity index (χ3n) is 7.01. The van der Waals surface area contributed by atoms with Crippen molar-refractivity contribution in [2.24, 2.45) is 0 Å². The SMILES string of the molecule is CCN(c1cccc2c1C/C=C/CCc1cc(C)[nH]c(=O)c1CNC2=O)[C@H]1CC[C@@H](O)CC1. The molecule has 33 heavy (non-hydrogen) atoms. The summed E-state index contributed by atoms with van der Waals surface area (Å²) in [5, 5.41) is 13.0. The smallest absolute Gasteiger partial charge is 0.253 e. The Kier molecular flexibility index (Phi) is 7.33. The highest BCUT2D eigenvalue weighted by molar-refractivity contribution is 5.97. The van der Waals surface area contributed by atoms with Gasteiger partial charge in [0.15, 0.2) is 0 Å². The largest absolute Gasteiger partial charge is 0.393 e. The van der Waals surface area contributed by atoms with E-state index in [4.69, 9.17) is 0 Å². The lowest BCUT2D eigenvalue weighted by Crippen LogP contribution is -2.40. The molecule has 1 saturated carbocycles. The molecule has 0 unspecified atom stereocenters. The van der Waals surface area contributed by atoms with Crippen LogP contribution in [0, 0.1) is 6.92 Å². The molecule has 0 spiro atoms. The van der Waals surface area contributed by atoms with E-state index in [9.17, 15) is 14.7 Å². The van der Waals surface area contributed by atoms with Crippen LogP contribution >= 0.6 is 0 Å². The molecule has 176 valence electrons. The summed E-state index contributed by atoms with van der Waals surface area (Å²) >= 11 is 0. The number of amides is 1. The molecule has 3 N–H and O–H groups in total. The van der Waals surface area contributed by atoms with Crippen molar-refractivity contribution < 1.29 is 9.90 Å². The van der Waals surface area contributed by atoms with Crippen molar-refractivity contribution >= 4 is 11.6 Å². The van der Waals surface area contributed by atoms with Crippen LogP contribution in [0.25, 0.3) is 0 Å². The number of hydrogen-bond donors (Lipinski definition) is 3. The Morgan fingerprint density at radius 3 is 2.64 bits per heavy atom. The van der Waals surface area contributed by atoms with Gasteiger partial charge in [0.05, 0.1) is 6.10 Å². The predicted molar refractivity (Wildman–Crippen MR) is 132 cm³/mol. The summed E-state index contributed by atoms with van der Waals surface area (Å²) in [6, 6.07) is 8.32. The maximum atomic E-state index is 13.3. The Labute approximate surface area is 195 Å². The van der Waals surface area contributed by atoms with E-state index in [0.29, 0.717) is 23.6 Å². The molecule has 1 aliphatic carbocycles. The molecule has 1 fully saturated rings. The Morgan fingerprint density at radius 2 is 1.88 bits per heavy atom. The third kappa shape index (κ3) is 5.22. The van der Waals surface area contributed by atoms with E-state index in [1.165, 1.54) is 0 Å². The molecule has 0 bridgehead atoms. The van der Waals surface area contributed by atoms with Crippen molar-refractivity contribution in [3.63, 3.8) is 0 Å². The zero-order valence-electron chi connectivity index (χ0n) is 19.7. The molecule has 0 saturated heterocycles. The molecular formula is C27H35N3O3. The second kappa shape index (κ2) is 10.4. The number of rotatable bonds is 3. The lowest BCUT2D eigenvalue weighted by molar-refractivity contribution is 0.0950. The molecule has 1 amide bonds. The summed E-state index contributed by atoms with van der Waals surface area (Å²) in [5.41, 5.74) is 5.13. The van der Waals surface area contributed by atoms with Gasteiger partial charge in [-0.1, -0.05) is 18.2 Å². The minimum atomic E-state index is -0.195. The van der Waals surface area contributed by atoms with Crippen LogP contribution in [-0.2, 0) is 19.4 Å². The number of H-pyrrole nitrogens is 1. The quantitative estimate of drug-likeness (QED) is 0.623. The maximum absolute atomic E-state index is 13.3. The normalized spacial score (nSPS) is 22.2. The van der Waals surface area contributed by atoms with E-state index in [-0.39, 0.29) is 24.1 Å². The first-order valence-corrected chi connectivity index (χ1v) is 12.2. The van der Waals surface area contributed by atoms with Crippen molar-refractivity contribution in [1.29, 1.82) is 0 Å². The van der Waals surface area contributed by atoms with Gasteiger partial charge in [-0.25, -0.2) is 0 Å². The monoisotopic (exact) mass is 449 g/mol. The lowest BCUT2D eigenvalue weighted by Gasteiger charge is -2.38. The number of pyridine rings is 1. The summed E-state index contributed by atoms with van der Waals surface area (Å²) in [4.78, 5) is 31.1. The number of aliphatic hydroxyl groups excluding tert-OH is 1. The first kappa shape index (κ1) is 23.3. The number of allylic oxidation sites excluding steroid dienone is 2. The average Bonchev–Trinajstić information content (AvgIpc) is 2.79. The Balaban J connectivity index is 1.68. The van der Waals surface area contributed by atoms with Gasteiger partial charge in [-0.3, -0.25) is 9.59 Å². The topological polar surface area (TPSA) is 85.4 Å². The number of aliphatic hydroxyl groups is 1. The van der Waals surface area contributed by atoms with Gasteiger partial charge in [-0.15, -0.1) is 0 Å². The van der Waals surface area contributed by atoms with Crippen LogP contribution in [0.1, 0.15) is 71.8 Å². The molecule has 2 aliphatic rings. The molecule has 4 rings (SSSR count). The summed E-state index contributed by atoms with van der Waals surface area (Å²) in [7, 11) is 0. The molecule has 1 aromatic carbocycles. The van der Waals surface area contributed by atoms with Crippen LogP contribution in [0.3, 0.4) is 0 Å². The standard InChI is InChI=1S/C27H35N3O3/c1-3-30(20-12-14-21(31)15-13-20)25-11-7-10-23-22(25)9-6-4-5-8-19-16-18(2)29-27(33)24(19)17-28-26(23)32/h4,6-7,10-11,16,20-21,31H,3,5,8-9,12-15,17H2,1-2H3,(H,28,32)(H,29,33)/b6-4+/t20-,21+. The van der Waals surface area contributed by atoms with E-state index in [1.807, 2.05) is 25.1 Å². The van der Waals surface area contributed by atoms with E-state index in [1.54, 1.807) is 0 Å². The van der Waals surface area contributed by atoms with Crippen molar-refractivity contribution in [1.82, 2.24) is 10.3 Å². The fraction of sp³-hybridized carbons (Fsp3) is 0.481. The van der Waals surface area contributed by atoms with Crippen molar-refractivity contribution in [3.8, 4) is 0 Å². The Bertz CT molecular complexity index is 1080. The highest BCUT2D eigenvalue weighted by atomic mass is 16.3. The molecule has 1 aromatic heterocycles. The second-order valence-corrected chi connectivity index (χ2v) is 9.23. The predicted octanol–water partition coefficient (Wildman–Crippen LogP) is 3.79. The van der Waals surface area contributed by atoms with Crippen LogP contribution in [0.15, 0.2) is 41.2 Å². The molecule has 6 heteroatoms. The van der Waals surface area contributed by atoms with Crippen molar-refractivity contribution in [2.75, 3.05) is 11.4 Å². The average molecular weight is 450 g/mol. The number of benzene rings is 1. The van der Waals surface area contributed by atoms with Gasteiger partial charge in [-0.05, 0) is 88.1 Å². The summed E-state index contributed by atoms with van der Waals surface area (Å²) in [6.07, 6.45) is 9.98. The summed E-state index contributed by atoms with van der Waals surface area (Å²) in [5.74, 6) is -0.151. The molecular weight excluding hydrogens is 414 g/mol. The van der Waals surface area contributed by atoms with E-state index >= 15 is 0 Å². The highest BCUT2D eigenvalue weighted by Gasteiger charge is 2.27. The molecule has 0 atom stereocenters. The number of carbonyl (C=O) groups excluding carboxylic acids is 1. The number of nitrogens with zero attached hydrogens (tertiary/aromatic N) is 1. The van der Waals surface area contributed by atoms with Gasteiger partial charge in [0.25, 0.3) is 11.5 Å². The fourth-order valence-electron chi connectivity index (χ4n) is 5.29. The minimum absolute atomic E-state index is 0.128. The summed E-state index contributed by atoms with van der Waals surface area (Å²) < 4.78 is 0. The Morgan fingerprint density at radius 1 is 1.09 bits per heavy atom. The van der Waals surface area contributed by atoms with Crippen molar-refractivity contribution in [2.45, 2.75) is 77.5 Å². The van der Waals surface area contributed by atoms with E-state index in [0.717, 1.165) is 67.6 Å². The number of carbonyl (C=O) groups is 1. The lowest BCUT2D eigenvalue weighted by atomic mass is 9.90. The van der Waals surface area contributed by atoms with Gasteiger partial charge >= 0.3 is 0 Å². The number of hydrogen-bond acceptors (Lipinski definition) is 4. The van der Waals surface area contributed by atoms with Crippen LogP contribution in [0.5, 0.6) is 0 Å². The molecule has 6 nitrogen and oxygen atoms in total. The summed E-state index contributed by atoms with van der Waals surface area (Å²) in [6.45, 7) is 5.11. The number of nitrogens with one attached hydrogen (secondary N) is 2. The first-order chi connectivity index (χ1) is 16.0. The van der Waals surface area contributed by atoms with Gasteiger partial charge in [0, 0.05) is 41.6 Å². The van der Waals surface area contributed by atoms with Gasteiger partial charge < -0.3 is 20.3 Å². The van der Waals surface area contributed by atoms with E-state index < -0.39 is 0 Å². The fourth-order valence-corrected chi connectivity index (χ4v) is 5.29. The zero-order valence-corrected chi connectivity index (χ0v) is 19.7. The minimum Gasteiger partial charge on any atom is -0.393 e. The number of aromatic amines is 1. The van der Waals surface area contributed by atoms with Crippen LogP contribution in [-0.4, -0.2) is 34.7 Å². The maximum Gasteiger partial charge on any atom is 0.253 e. The second-order valence-electron chi connectivity index (χ2n) is 9.23. The van der Waals surface area contributed by atoms with Crippen LogP contribution in [0.2, 0.25) is 0 Å². The van der Waals surface area contributed by atoms with Gasteiger partial charge in [0.1, 0.15) is 0 Å². The molecule has 0 radical (unpaired) electrons. The molecule has 2 heterocycles. The number of aryl methyl sites for hydroxylation is 2. The van der Waals surface area contributed by atoms with Gasteiger partial charge in [0.2, 0.25) is 0 Å². The third-order valence-corrected chi connectivity index (χ3v) is 7.01. The molecule has 2 aromatic rings. The van der Waals surface area contributed by atoms with E-state index in [2.05, 4.69) is 40.3 Å². The van der Waals surface area contributed by atoms with Gasteiger partial charge in [-0.2, -0.15) is 0 Å². The Hall–Kier alpha value is -2.86. The van der Waals surface area contributed by atoms with Crippen molar-refractivity contribution in [3.05, 3.63) is 74.7 Å². The first-order valence-electron chi connectivity index (χ1n) is 12.2. The number of anilines is 1. The zero-order chi connectivity index (χ0) is 23.4.